The smallest absolute Gasteiger partial charge is 0.342 e. The molecule has 0 aromatic carbocycles. The predicted molar refractivity (Wildman–Crippen MR) is 60.5 cm³/mol. The minimum absolute atomic E-state index is 0.0469. The molecular formula is C9H11ClF3N3S. The monoisotopic (exact) mass is 285 g/mol. The van der Waals surface area contributed by atoms with Crippen LogP contribution in [-0.4, -0.2) is 27.8 Å². The Bertz CT molecular complexity index is 395. The van der Waals surface area contributed by atoms with Gasteiger partial charge in [-0.1, -0.05) is 6.92 Å². The molecule has 96 valence electrons. The summed E-state index contributed by atoms with van der Waals surface area (Å²) < 4.78 is 40.5. The van der Waals surface area contributed by atoms with Crippen molar-refractivity contribution in [1.29, 1.82) is 0 Å². The van der Waals surface area contributed by atoms with Crippen molar-refractivity contribution >= 4 is 28.3 Å². The Labute approximate surface area is 106 Å². The number of anilines is 1. The Morgan fingerprint density at radius 3 is 2.76 bits per heavy atom. The highest BCUT2D eigenvalue weighted by Crippen LogP contribution is 2.34. The van der Waals surface area contributed by atoms with Crippen LogP contribution in [0.2, 0.25) is 0 Å². The molecule has 2 rings (SSSR count). The van der Waals surface area contributed by atoms with Crippen molar-refractivity contribution in [2.75, 3.05) is 17.3 Å². The maximum absolute atomic E-state index is 12.4. The largest absolute Gasteiger partial charge is 0.452 e. The summed E-state index contributed by atoms with van der Waals surface area (Å²) in [4.78, 5) is 5.37. The van der Waals surface area contributed by atoms with Crippen LogP contribution >= 0.6 is 23.1 Å². The van der Waals surface area contributed by atoms with Crippen LogP contribution in [-0.2, 0) is 6.18 Å². The van der Waals surface area contributed by atoms with Crippen LogP contribution < -0.4 is 4.90 Å². The zero-order chi connectivity index (χ0) is 12.6. The van der Waals surface area contributed by atoms with Gasteiger partial charge in [-0.3, -0.25) is 0 Å². The van der Waals surface area contributed by atoms with Crippen LogP contribution in [0.3, 0.4) is 0 Å². The molecule has 0 amide bonds. The topological polar surface area (TPSA) is 29.0 Å². The van der Waals surface area contributed by atoms with Crippen molar-refractivity contribution < 1.29 is 13.2 Å². The molecule has 1 aliphatic heterocycles. The van der Waals surface area contributed by atoms with Crippen molar-refractivity contribution in [3.63, 3.8) is 0 Å². The zero-order valence-corrected chi connectivity index (χ0v) is 10.6. The predicted octanol–water partition coefficient (Wildman–Crippen LogP) is 3.01. The molecule has 0 saturated carbocycles. The van der Waals surface area contributed by atoms with Crippen LogP contribution in [0.4, 0.5) is 18.3 Å². The molecule has 3 nitrogen and oxygen atoms in total. The second-order valence-corrected chi connectivity index (χ2v) is 5.12. The summed E-state index contributed by atoms with van der Waals surface area (Å²) >= 11 is 6.62. The van der Waals surface area contributed by atoms with Crippen LogP contribution in [0.25, 0.3) is 0 Å². The van der Waals surface area contributed by atoms with E-state index in [2.05, 4.69) is 9.36 Å². The number of rotatable bonds is 2. The van der Waals surface area contributed by atoms with Gasteiger partial charge >= 0.3 is 6.18 Å². The van der Waals surface area contributed by atoms with E-state index in [1.807, 2.05) is 11.8 Å². The highest BCUT2D eigenvalue weighted by atomic mass is 35.5. The average Bonchev–Trinajstić information content (AvgIpc) is 2.82. The molecule has 2 atom stereocenters. The molecule has 1 aliphatic rings. The molecule has 2 unspecified atom stereocenters. The summed E-state index contributed by atoms with van der Waals surface area (Å²) in [6.07, 6.45) is -3.56. The van der Waals surface area contributed by atoms with Crippen LogP contribution in [0.15, 0.2) is 0 Å². The van der Waals surface area contributed by atoms with Gasteiger partial charge in [0, 0.05) is 30.0 Å². The van der Waals surface area contributed by atoms with Crippen molar-refractivity contribution in [3.8, 4) is 0 Å². The lowest BCUT2D eigenvalue weighted by Gasteiger charge is -2.23. The van der Waals surface area contributed by atoms with Gasteiger partial charge in [-0.15, -0.1) is 11.6 Å². The Hall–Kier alpha value is -0.560. The number of halogens is 4. The van der Waals surface area contributed by atoms with Crippen molar-refractivity contribution in [1.82, 2.24) is 9.36 Å². The molecule has 0 N–H and O–H groups in total. The van der Waals surface area contributed by atoms with E-state index in [-0.39, 0.29) is 6.04 Å². The van der Waals surface area contributed by atoms with Crippen molar-refractivity contribution in [2.24, 2.45) is 5.92 Å². The van der Waals surface area contributed by atoms with E-state index in [1.165, 1.54) is 0 Å². The zero-order valence-electron chi connectivity index (χ0n) is 9.04. The molecule has 0 radical (unpaired) electrons. The van der Waals surface area contributed by atoms with E-state index in [4.69, 9.17) is 11.6 Å². The first kappa shape index (κ1) is 12.9. The molecule has 0 spiro atoms. The Morgan fingerprint density at radius 2 is 2.24 bits per heavy atom. The van der Waals surface area contributed by atoms with Gasteiger partial charge in [0.2, 0.25) is 11.0 Å². The van der Waals surface area contributed by atoms with E-state index < -0.39 is 12.0 Å². The molecular weight excluding hydrogens is 275 g/mol. The van der Waals surface area contributed by atoms with Gasteiger partial charge in [0.1, 0.15) is 0 Å². The summed E-state index contributed by atoms with van der Waals surface area (Å²) in [5.41, 5.74) is 0. The van der Waals surface area contributed by atoms with Gasteiger partial charge in [-0.25, -0.2) is 0 Å². The summed E-state index contributed by atoms with van der Waals surface area (Å²) in [6.45, 7) is 2.73. The molecule has 0 aliphatic carbocycles. The van der Waals surface area contributed by atoms with Gasteiger partial charge in [0.15, 0.2) is 0 Å². The lowest BCUT2D eigenvalue weighted by Crippen LogP contribution is -2.33. The fourth-order valence-electron chi connectivity index (χ4n) is 1.93. The minimum Gasteiger partial charge on any atom is -0.342 e. The lowest BCUT2D eigenvalue weighted by atomic mass is 10.1. The summed E-state index contributed by atoms with van der Waals surface area (Å²) in [6, 6.07) is 0.0469. The summed E-state index contributed by atoms with van der Waals surface area (Å²) in [5, 5.41) is 0.312. The summed E-state index contributed by atoms with van der Waals surface area (Å²) in [7, 11) is 0. The summed E-state index contributed by atoms with van der Waals surface area (Å²) in [5.74, 6) is -0.307. The van der Waals surface area contributed by atoms with Crippen LogP contribution in [0.5, 0.6) is 0 Å². The number of alkyl halides is 4. The molecule has 1 aromatic heterocycles. The third kappa shape index (κ3) is 2.49. The molecule has 8 heteroatoms. The number of nitrogens with zero attached hydrogens (tertiary/aromatic N) is 3. The molecule has 1 saturated heterocycles. The first-order valence-electron chi connectivity index (χ1n) is 5.17. The fraction of sp³-hybridized carbons (Fsp3) is 0.778. The Kier molecular flexibility index (Phi) is 3.49. The van der Waals surface area contributed by atoms with E-state index in [9.17, 15) is 13.2 Å². The number of hydrogen-bond donors (Lipinski definition) is 0. The molecule has 2 heterocycles. The van der Waals surface area contributed by atoms with Gasteiger partial charge in [-0.2, -0.15) is 22.5 Å². The highest BCUT2D eigenvalue weighted by Gasteiger charge is 2.38. The third-order valence-electron chi connectivity index (χ3n) is 2.96. The van der Waals surface area contributed by atoms with Gasteiger partial charge in [0.25, 0.3) is 0 Å². The fourth-order valence-corrected chi connectivity index (χ4v) is 3.17. The minimum atomic E-state index is -4.48. The third-order valence-corrected chi connectivity index (χ3v) is 4.02. The second-order valence-electron chi connectivity index (χ2n) is 4.08. The van der Waals surface area contributed by atoms with E-state index in [0.717, 1.165) is 18.0 Å². The number of hydrogen-bond acceptors (Lipinski definition) is 4. The number of aromatic nitrogens is 2. The standard InChI is InChI=1S/C9H11ClF3N3S/c1-5-2-3-16(6(5)4-10)8-14-7(15-17-8)9(11,12)13/h5-6H,2-4H2,1H3. The maximum atomic E-state index is 12.4. The molecule has 0 bridgehead atoms. The van der Waals surface area contributed by atoms with Crippen LogP contribution in [0.1, 0.15) is 19.2 Å². The first-order chi connectivity index (χ1) is 7.93. The van der Waals surface area contributed by atoms with Crippen molar-refractivity contribution in [2.45, 2.75) is 25.6 Å². The van der Waals surface area contributed by atoms with E-state index >= 15 is 0 Å². The quantitative estimate of drug-likeness (QED) is 0.782. The second kappa shape index (κ2) is 4.61. The maximum Gasteiger partial charge on any atom is 0.452 e. The average molecular weight is 286 g/mol. The SMILES string of the molecule is CC1CCN(c2nc(C(F)(F)F)ns2)C1CCl. The van der Waals surface area contributed by atoms with Crippen LogP contribution in [0, 0.1) is 5.92 Å². The van der Waals surface area contributed by atoms with Gasteiger partial charge < -0.3 is 4.90 Å². The van der Waals surface area contributed by atoms with Crippen molar-refractivity contribution in [3.05, 3.63) is 5.82 Å². The van der Waals surface area contributed by atoms with E-state index in [1.54, 1.807) is 0 Å². The molecule has 17 heavy (non-hydrogen) atoms. The molecule has 1 aromatic rings. The Balaban J connectivity index is 2.21. The van der Waals surface area contributed by atoms with E-state index in [0.29, 0.717) is 23.5 Å². The highest BCUT2D eigenvalue weighted by molar-refractivity contribution is 7.09. The molecule has 1 fully saturated rings. The van der Waals surface area contributed by atoms with Gasteiger partial charge in [-0.05, 0) is 12.3 Å². The lowest BCUT2D eigenvalue weighted by molar-refractivity contribution is -0.144. The normalized spacial score (nSPS) is 25.6. The Morgan fingerprint density at radius 1 is 1.53 bits per heavy atom. The van der Waals surface area contributed by atoms with Gasteiger partial charge in [0.05, 0.1) is 0 Å². The first-order valence-corrected chi connectivity index (χ1v) is 6.47.